The van der Waals surface area contributed by atoms with E-state index in [2.05, 4.69) is 24.3 Å². The van der Waals surface area contributed by atoms with E-state index >= 15 is 0 Å². The first-order chi connectivity index (χ1) is 13.5. The lowest BCUT2D eigenvalue weighted by atomic mass is 9.96. The predicted octanol–water partition coefficient (Wildman–Crippen LogP) is 3.53. The Morgan fingerprint density at radius 3 is 2.29 bits per heavy atom. The van der Waals surface area contributed by atoms with Gasteiger partial charge in [-0.1, -0.05) is 48.5 Å². The van der Waals surface area contributed by atoms with Crippen molar-refractivity contribution < 1.29 is 9.59 Å². The first-order valence-corrected chi connectivity index (χ1v) is 9.25. The highest BCUT2D eigenvalue weighted by Gasteiger charge is 2.49. The lowest BCUT2D eigenvalue weighted by Crippen LogP contribution is -2.26. The fraction of sp³-hybridized carbons (Fsp3) is 0.130. The average Bonchev–Trinajstić information content (AvgIpc) is 3.40. The number of nitrogens with two attached hydrogens (primary N) is 2. The van der Waals surface area contributed by atoms with E-state index < -0.39 is 11.8 Å². The van der Waals surface area contributed by atoms with Crippen molar-refractivity contribution in [2.24, 2.45) is 11.5 Å². The Bertz CT molecular complexity index is 1280. The molecule has 0 unspecified atom stereocenters. The van der Waals surface area contributed by atoms with Crippen molar-refractivity contribution in [1.29, 1.82) is 0 Å². The van der Waals surface area contributed by atoms with E-state index in [0.717, 1.165) is 40.1 Å². The van der Waals surface area contributed by atoms with Gasteiger partial charge in [0.25, 0.3) is 5.91 Å². The maximum Gasteiger partial charge on any atom is 0.265 e. The number of carbonyl (C=O) groups excluding carboxylic acids is 2. The van der Waals surface area contributed by atoms with Crippen LogP contribution in [0.1, 0.15) is 39.3 Å². The summed E-state index contributed by atoms with van der Waals surface area (Å²) in [6, 6.07) is 21.5. The third kappa shape index (κ3) is 2.26. The zero-order valence-corrected chi connectivity index (χ0v) is 15.2. The average molecular weight is 369 g/mol. The molecule has 138 valence electrons. The highest BCUT2D eigenvalue weighted by Crippen LogP contribution is 2.53. The van der Waals surface area contributed by atoms with Crippen molar-refractivity contribution in [3.05, 3.63) is 83.6 Å². The fourth-order valence-corrected chi connectivity index (χ4v) is 4.36. The summed E-state index contributed by atoms with van der Waals surface area (Å²) >= 11 is 0. The molecule has 2 amide bonds. The molecule has 5 heteroatoms. The third-order valence-corrected chi connectivity index (χ3v) is 5.78. The van der Waals surface area contributed by atoms with Crippen LogP contribution in [-0.2, 0) is 5.54 Å². The van der Waals surface area contributed by atoms with Gasteiger partial charge < -0.3 is 16.0 Å². The number of primary amides is 2. The molecule has 0 aliphatic heterocycles. The summed E-state index contributed by atoms with van der Waals surface area (Å²) in [5.41, 5.74) is 13.7. The number of aromatic nitrogens is 1. The first-order valence-electron chi connectivity index (χ1n) is 9.25. The van der Waals surface area contributed by atoms with Crippen LogP contribution in [-0.4, -0.2) is 16.4 Å². The Kier molecular flexibility index (Phi) is 3.37. The first kappa shape index (κ1) is 16.6. The van der Waals surface area contributed by atoms with E-state index in [9.17, 15) is 9.59 Å². The quantitative estimate of drug-likeness (QED) is 0.576. The molecule has 0 atom stereocenters. The molecule has 1 heterocycles. The van der Waals surface area contributed by atoms with Gasteiger partial charge in [-0.2, -0.15) is 0 Å². The molecule has 1 aromatic heterocycles. The predicted molar refractivity (Wildman–Crippen MR) is 109 cm³/mol. The molecule has 5 nitrogen and oxygen atoms in total. The van der Waals surface area contributed by atoms with Gasteiger partial charge in [0.05, 0.1) is 11.1 Å². The standard InChI is InChI=1S/C23H19N3O2/c24-21(27)16-9-8-15-12-20(22(25)28)26(19(15)13-16)23(10-11-23)18-7-3-5-14-4-1-2-6-17(14)18/h1-9,12-13H,10-11H2,(H2,24,27)(H2,25,28). The summed E-state index contributed by atoms with van der Waals surface area (Å²) in [5, 5.41) is 3.18. The second-order valence-electron chi connectivity index (χ2n) is 7.43. The number of nitrogens with zero attached hydrogens (tertiary/aromatic N) is 1. The highest BCUT2D eigenvalue weighted by atomic mass is 16.1. The van der Waals surface area contributed by atoms with Crippen molar-refractivity contribution in [3.63, 3.8) is 0 Å². The zero-order chi connectivity index (χ0) is 19.5. The van der Waals surface area contributed by atoms with Crippen LogP contribution in [0.3, 0.4) is 0 Å². The minimum atomic E-state index is -0.495. The summed E-state index contributed by atoms with van der Waals surface area (Å²) in [4.78, 5) is 24.0. The van der Waals surface area contributed by atoms with Gasteiger partial charge in [-0.15, -0.1) is 0 Å². The van der Waals surface area contributed by atoms with Gasteiger partial charge >= 0.3 is 0 Å². The van der Waals surface area contributed by atoms with Gasteiger partial charge in [0.1, 0.15) is 5.69 Å². The van der Waals surface area contributed by atoms with Crippen LogP contribution < -0.4 is 11.5 Å². The summed E-state index contributed by atoms with van der Waals surface area (Å²) in [5.74, 6) is -0.978. The van der Waals surface area contributed by atoms with Crippen LogP contribution in [0, 0.1) is 0 Å². The Labute approximate surface area is 161 Å². The molecule has 3 aromatic carbocycles. The molecule has 28 heavy (non-hydrogen) atoms. The number of hydrogen-bond donors (Lipinski definition) is 2. The minimum absolute atomic E-state index is 0.358. The van der Waals surface area contributed by atoms with Gasteiger partial charge in [-0.3, -0.25) is 9.59 Å². The smallest absolute Gasteiger partial charge is 0.265 e. The minimum Gasteiger partial charge on any atom is -0.366 e. The molecule has 1 aliphatic carbocycles. The topological polar surface area (TPSA) is 91.1 Å². The Morgan fingerprint density at radius 2 is 1.57 bits per heavy atom. The molecule has 0 saturated heterocycles. The molecule has 1 saturated carbocycles. The van der Waals surface area contributed by atoms with Crippen molar-refractivity contribution >= 4 is 33.5 Å². The van der Waals surface area contributed by atoms with Crippen LogP contribution in [0.5, 0.6) is 0 Å². The number of fused-ring (bicyclic) bond motifs is 2. The SMILES string of the molecule is NC(=O)c1ccc2cc(C(N)=O)n(C3(c4cccc5ccccc45)CC3)c2c1. The molecule has 4 aromatic rings. The Hall–Kier alpha value is -3.60. The molecule has 0 bridgehead atoms. The molecular formula is C23H19N3O2. The number of amides is 2. The van der Waals surface area contributed by atoms with Crippen LogP contribution in [0.25, 0.3) is 21.7 Å². The number of hydrogen-bond acceptors (Lipinski definition) is 2. The monoisotopic (exact) mass is 369 g/mol. The van der Waals surface area contributed by atoms with Crippen LogP contribution in [0.15, 0.2) is 66.7 Å². The number of carbonyl (C=O) groups is 2. The van der Waals surface area contributed by atoms with E-state index in [1.54, 1.807) is 18.2 Å². The lowest BCUT2D eigenvalue weighted by Gasteiger charge is -2.24. The molecule has 1 fully saturated rings. The summed E-state index contributed by atoms with van der Waals surface area (Å²) in [6.07, 6.45) is 1.79. The summed E-state index contributed by atoms with van der Waals surface area (Å²) in [6.45, 7) is 0. The maximum atomic E-state index is 12.3. The lowest BCUT2D eigenvalue weighted by molar-refractivity contribution is 0.0986. The molecule has 0 radical (unpaired) electrons. The summed E-state index contributed by atoms with van der Waals surface area (Å²) in [7, 11) is 0. The van der Waals surface area contributed by atoms with E-state index in [0.29, 0.717) is 11.3 Å². The Balaban J connectivity index is 1.84. The Morgan fingerprint density at radius 1 is 0.821 bits per heavy atom. The van der Waals surface area contributed by atoms with Crippen molar-refractivity contribution in [1.82, 2.24) is 4.57 Å². The normalized spacial score (nSPS) is 15.0. The van der Waals surface area contributed by atoms with Crippen LogP contribution >= 0.6 is 0 Å². The van der Waals surface area contributed by atoms with Gasteiger partial charge in [-0.05, 0) is 47.4 Å². The third-order valence-electron chi connectivity index (χ3n) is 5.78. The molecule has 0 spiro atoms. The van der Waals surface area contributed by atoms with E-state index in [1.165, 1.54) is 0 Å². The van der Waals surface area contributed by atoms with Gasteiger partial charge in [0, 0.05) is 10.9 Å². The van der Waals surface area contributed by atoms with E-state index in [1.807, 2.05) is 28.8 Å². The highest BCUT2D eigenvalue weighted by molar-refractivity contribution is 6.02. The van der Waals surface area contributed by atoms with Crippen molar-refractivity contribution in [3.8, 4) is 0 Å². The number of rotatable bonds is 4. The summed E-state index contributed by atoms with van der Waals surface area (Å²) < 4.78 is 2.01. The molecule has 5 rings (SSSR count). The molecule has 4 N–H and O–H groups in total. The van der Waals surface area contributed by atoms with Crippen molar-refractivity contribution in [2.75, 3.05) is 0 Å². The molecule has 1 aliphatic rings. The van der Waals surface area contributed by atoms with E-state index in [-0.39, 0.29) is 5.54 Å². The fourth-order valence-electron chi connectivity index (χ4n) is 4.36. The van der Waals surface area contributed by atoms with Crippen molar-refractivity contribution in [2.45, 2.75) is 18.4 Å². The van der Waals surface area contributed by atoms with Crippen LogP contribution in [0.2, 0.25) is 0 Å². The second-order valence-corrected chi connectivity index (χ2v) is 7.43. The van der Waals surface area contributed by atoms with Gasteiger partial charge in [0.15, 0.2) is 0 Å². The van der Waals surface area contributed by atoms with E-state index in [4.69, 9.17) is 11.5 Å². The molecular weight excluding hydrogens is 350 g/mol. The van der Waals surface area contributed by atoms with Gasteiger partial charge in [-0.25, -0.2) is 0 Å². The second kappa shape index (κ2) is 5.70. The maximum absolute atomic E-state index is 12.3. The van der Waals surface area contributed by atoms with Gasteiger partial charge in [0.2, 0.25) is 5.91 Å². The zero-order valence-electron chi connectivity index (χ0n) is 15.2. The number of benzene rings is 3. The largest absolute Gasteiger partial charge is 0.366 e. The van der Waals surface area contributed by atoms with Crippen LogP contribution in [0.4, 0.5) is 0 Å².